The van der Waals surface area contributed by atoms with Crippen molar-refractivity contribution in [2.24, 2.45) is 5.92 Å². The van der Waals surface area contributed by atoms with E-state index in [0.29, 0.717) is 18.3 Å². The molecule has 0 bridgehead atoms. The molecule has 1 saturated carbocycles. The van der Waals surface area contributed by atoms with Crippen molar-refractivity contribution in [1.82, 2.24) is 9.88 Å². The second-order valence-corrected chi connectivity index (χ2v) is 5.08. The third-order valence-corrected chi connectivity index (χ3v) is 3.65. The summed E-state index contributed by atoms with van der Waals surface area (Å²) in [5.74, 6) is 0.673. The minimum atomic E-state index is -0.546. The van der Waals surface area contributed by atoms with Gasteiger partial charge in [-0.05, 0) is 18.8 Å². The lowest BCUT2D eigenvalue weighted by atomic mass is 9.85. The lowest BCUT2D eigenvalue weighted by Crippen LogP contribution is -2.34. The molecular weight excluding hydrogens is 260 g/mol. The van der Waals surface area contributed by atoms with Crippen LogP contribution in [0, 0.1) is 16.0 Å². The Morgan fingerprint density at radius 3 is 2.80 bits per heavy atom. The zero-order valence-electron chi connectivity index (χ0n) is 11.6. The van der Waals surface area contributed by atoms with E-state index in [9.17, 15) is 14.9 Å². The summed E-state index contributed by atoms with van der Waals surface area (Å²) in [7, 11) is 3.36. The third kappa shape index (κ3) is 2.87. The molecule has 1 N–H and O–H groups in total. The molecule has 0 atom stereocenters. The van der Waals surface area contributed by atoms with E-state index in [-0.39, 0.29) is 17.2 Å². The molecule has 20 heavy (non-hydrogen) atoms. The quantitative estimate of drug-likeness (QED) is 0.656. The minimum Gasteiger partial charge on any atom is -0.372 e. The van der Waals surface area contributed by atoms with Crippen molar-refractivity contribution >= 4 is 17.4 Å². The van der Waals surface area contributed by atoms with Gasteiger partial charge in [-0.3, -0.25) is 14.9 Å². The maximum absolute atomic E-state index is 12.4. The van der Waals surface area contributed by atoms with Crippen molar-refractivity contribution in [3.63, 3.8) is 0 Å². The van der Waals surface area contributed by atoms with Crippen molar-refractivity contribution < 1.29 is 9.72 Å². The fourth-order valence-electron chi connectivity index (χ4n) is 2.27. The molecule has 7 nitrogen and oxygen atoms in total. The zero-order valence-corrected chi connectivity index (χ0v) is 11.6. The average Bonchev–Trinajstić information content (AvgIpc) is 2.40. The van der Waals surface area contributed by atoms with E-state index in [1.54, 1.807) is 19.0 Å². The van der Waals surface area contributed by atoms with E-state index >= 15 is 0 Å². The summed E-state index contributed by atoms with van der Waals surface area (Å²) in [5, 5.41) is 13.6. The maximum atomic E-state index is 12.4. The highest BCUT2D eigenvalue weighted by molar-refractivity contribution is 5.99. The Bertz CT molecular complexity index is 528. The van der Waals surface area contributed by atoms with Gasteiger partial charge in [0.15, 0.2) is 0 Å². The SMILES string of the molecule is CNc1ncc([N+](=O)[O-])cc1C(=O)N(C)CC1CCC1. The topological polar surface area (TPSA) is 88.4 Å². The van der Waals surface area contributed by atoms with Gasteiger partial charge in [-0.25, -0.2) is 4.98 Å². The molecule has 2 rings (SSSR count). The van der Waals surface area contributed by atoms with E-state index < -0.39 is 4.92 Å². The van der Waals surface area contributed by atoms with Gasteiger partial charge in [0.2, 0.25) is 0 Å². The van der Waals surface area contributed by atoms with Crippen LogP contribution in [0.4, 0.5) is 11.5 Å². The van der Waals surface area contributed by atoms with Crippen molar-refractivity contribution in [3.8, 4) is 0 Å². The summed E-state index contributed by atoms with van der Waals surface area (Å²) in [6, 6.07) is 1.28. The van der Waals surface area contributed by atoms with Crippen molar-refractivity contribution in [3.05, 3.63) is 27.9 Å². The van der Waals surface area contributed by atoms with E-state index in [0.717, 1.165) is 19.0 Å². The number of nitrogens with zero attached hydrogens (tertiary/aromatic N) is 3. The van der Waals surface area contributed by atoms with Crippen LogP contribution in [-0.4, -0.2) is 41.4 Å². The number of aromatic nitrogens is 1. The van der Waals surface area contributed by atoms with Crippen LogP contribution in [-0.2, 0) is 0 Å². The van der Waals surface area contributed by atoms with Crippen LogP contribution in [0.5, 0.6) is 0 Å². The third-order valence-electron chi connectivity index (χ3n) is 3.65. The van der Waals surface area contributed by atoms with Gasteiger partial charge in [-0.2, -0.15) is 0 Å². The normalized spacial score (nSPS) is 14.5. The maximum Gasteiger partial charge on any atom is 0.288 e. The Kier molecular flexibility index (Phi) is 4.16. The minimum absolute atomic E-state index is 0.176. The van der Waals surface area contributed by atoms with Crippen LogP contribution in [0.2, 0.25) is 0 Å². The molecule has 108 valence electrons. The molecule has 0 spiro atoms. The van der Waals surface area contributed by atoms with E-state index in [2.05, 4.69) is 10.3 Å². The van der Waals surface area contributed by atoms with Gasteiger partial charge in [-0.15, -0.1) is 0 Å². The van der Waals surface area contributed by atoms with Gasteiger partial charge in [0.05, 0.1) is 10.5 Å². The molecule has 1 amide bonds. The van der Waals surface area contributed by atoms with Crippen LogP contribution >= 0.6 is 0 Å². The molecule has 1 aliphatic rings. The van der Waals surface area contributed by atoms with Gasteiger partial charge < -0.3 is 10.2 Å². The summed E-state index contributed by atoms with van der Waals surface area (Å²) in [6.45, 7) is 0.685. The monoisotopic (exact) mass is 278 g/mol. The Hall–Kier alpha value is -2.18. The van der Waals surface area contributed by atoms with Gasteiger partial charge in [0.25, 0.3) is 11.6 Å². The highest BCUT2D eigenvalue weighted by Crippen LogP contribution is 2.28. The Morgan fingerprint density at radius 1 is 1.60 bits per heavy atom. The van der Waals surface area contributed by atoms with Gasteiger partial charge in [0, 0.05) is 26.7 Å². The first-order chi connectivity index (χ1) is 9.52. The molecule has 1 heterocycles. The number of carbonyl (C=O) groups excluding carboxylic acids is 1. The van der Waals surface area contributed by atoms with Crippen molar-refractivity contribution in [2.75, 3.05) is 26.0 Å². The Labute approximate surface area is 117 Å². The Morgan fingerprint density at radius 2 is 2.30 bits per heavy atom. The molecule has 0 unspecified atom stereocenters. The number of rotatable bonds is 5. The predicted molar refractivity (Wildman–Crippen MR) is 74.7 cm³/mol. The Balaban J connectivity index is 2.21. The second kappa shape index (κ2) is 5.85. The van der Waals surface area contributed by atoms with E-state index in [1.165, 1.54) is 12.5 Å². The number of nitrogens with one attached hydrogen (secondary N) is 1. The molecule has 1 aromatic rings. The van der Waals surface area contributed by atoms with Crippen LogP contribution < -0.4 is 5.32 Å². The van der Waals surface area contributed by atoms with E-state index in [1.807, 2.05) is 0 Å². The second-order valence-electron chi connectivity index (χ2n) is 5.08. The summed E-state index contributed by atoms with van der Waals surface area (Å²) >= 11 is 0. The summed E-state index contributed by atoms with van der Waals surface area (Å²) in [4.78, 5) is 28.2. The number of carbonyl (C=O) groups is 1. The lowest BCUT2D eigenvalue weighted by molar-refractivity contribution is -0.385. The molecule has 1 aromatic heterocycles. The van der Waals surface area contributed by atoms with Crippen molar-refractivity contribution in [1.29, 1.82) is 0 Å². The predicted octanol–water partition coefficient (Wildman–Crippen LogP) is 1.90. The van der Waals surface area contributed by atoms with Gasteiger partial charge in [-0.1, -0.05) is 6.42 Å². The lowest BCUT2D eigenvalue weighted by Gasteiger charge is -2.30. The van der Waals surface area contributed by atoms with E-state index in [4.69, 9.17) is 0 Å². The molecule has 0 aromatic carbocycles. The molecule has 1 aliphatic carbocycles. The number of hydrogen-bond acceptors (Lipinski definition) is 5. The fraction of sp³-hybridized carbons (Fsp3) is 0.538. The molecule has 1 fully saturated rings. The molecule has 0 radical (unpaired) electrons. The summed E-state index contributed by atoms with van der Waals surface area (Å²) in [6.07, 6.45) is 4.65. The number of nitro groups is 1. The van der Waals surface area contributed by atoms with Gasteiger partial charge >= 0.3 is 0 Å². The number of amides is 1. The largest absolute Gasteiger partial charge is 0.372 e. The average molecular weight is 278 g/mol. The van der Waals surface area contributed by atoms with Gasteiger partial charge in [0.1, 0.15) is 12.0 Å². The first kappa shape index (κ1) is 14.2. The van der Waals surface area contributed by atoms with Crippen LogP contribution in [0.25, 0.3) is 0 Å². The summed E-state index contributed by atoms with van der Waals surface area (Å²) < 4.78 is 0. The van der Waals surface area contributed by atoms with Crippen LogP contribution in [0.15, 0.2) is 12.3 Å². The smallest absolute Gasteiger partial charge is 0.288 e. The summed E-state index contributed by atoms with van der Waals surface area (Å²) in [5.41, 5.74) is 0.0629. The zero-order chi connectivity index (χ0) is 14.7. The number of pyridine rings is 1. The van der Waals surface area contributed by atoms with Crippen LogP contribution in [0.1, 0.15) is 29.6 Å². The highest BCUT2D eigenvalue weighted by Gasteiger charge is 2.25. The molecule has 0 aliphatic heterocycles. The molecule has 7 heteroatoms. The molecule has 0 saturated heterocycles. The van der Waals surface area contributed by atoms with Crippen molar-refractivity contribution in [2.45, 2.75) is 19.3 Å². The fourth-order valence-corrected chi connectivity index (χ4v) is 2.27. The first-order valence-corrected chi connectivity index (χ1v) is 6.60. The number of hydrogen-bond donors (Lipinski definition) is 1. The number of anilines is 1. The highest BCUT2D eigenvalue weighted by atomic mass is 16.6. The van der Waals surface area contributed by atoms with Crippen LogP contribution in [0.3, 0.4) is 0 Å². The molecular formula is C13H18N4O3. The first-order valence-electron chi connectivity index (χ1n) is 6.60. The standard InChI is InChI=1S/C13H18N4O3/c1-14-12-11(6-10(7-15-12)17(19)20)13(18)16(2)8-9-4-3-5-9/h6-7,9H,3-5,8H2,1-2H3,(H,14,15).